The summed E-state index contributed by atoms with van der Waals surface area (Å²) < 4.78 is 37.2. The maximum Gasteiger partial charge on any atom is 0.191 e. The van der Waals surface area contributed by atoms with Gasteiger partial charge in [-0.3, -0.25) is 4.99 Å². The van der Waals surface area contributed by atoms with Crippen molar-refractivity contribution in [2.45, 2.75) is 19.8 Å². The second-order valence-electron chi connectivity index (χ2n) is 6.32. The van der Waals surface area contributed by atoms with Gasteiger partial charge in [0.05, 0.1) is 19.7 Å². The number of benzene rings is 1. The van der Waals surface area contributed by atoms with Crippen LogP contribution in [-0.4, -0.2) is 57.1 Å². The Bertz CT molecular complexity index is 599. The number of aliphatic hydroxyl groups excluding tert-OH is 1. The number of aliphatic imine (C=N–C) groups is 1. The van der Waals surface area contributed by atoms with Crippen LogP contribution in [0.1, 0.15) is 19.8 Å². The lowest BCUT2D eigenvalue weighted by atomic mass is 9.84. The van der Waals surface area contributed by atoms with Crippen LogP contribution in [0.5, 0.6) is 5.75 Å². The van der Waals surface area contributed by atoms with Gasteiger partial charge in [0.1, 0.15) is 12.4 Å². The molecule has 1 fully saturated rings. The van der Waals surface area contributed by atoms with Crippen LogP contribution in [0.2, 0.25) is 0 Å². The third-order valence-corrected chi connectivity index (χ3v) is 4.29. The van der Waals surface area contributed by atoms with Crippen LogP contribution in [0.25, 0.3) is 0 Å². The van der Waals surface area contributed by atoms with Crippen molar-refractivity contribution in [2.75, 3.05) is 46.1 Å². The van der Waals surface area contributed by atoms with Crippen molar-refractivity contribution in [3.8, 4) is 5.75 Å². The van der Waals surface area contributed by atoms with E-state index in [4.69, 9.17) is 9.47 Å². The van der Waals surface area contributed by atoms with Crippen molar-refractivity contribution < 1.29 is 23.4 Å². The summed E-state index contributed by atoms with van der Waals surface area (Å²) in [5.74, 6) is -0.722. The minimum absolute atomic E-state index is 0. The molecule has 1 heterocycles. The zero-order valence-corrected chi connectivity index (χ0v) is 17.8. The molecule has 1 aromatic carbocycles. The van der Waals surface area contributed by atoms with Gasteiger partial charge in [0, 0.05) is 31.2 Å². The van der Waals surface area contributed by atoms with Crippen LogP contribution in [0.4, 0.5) is 8.78 Å². The van der Waals surface area contributed by atoms with E-state index < -0.39 is 11.6 Å². The van der Waals surface area contributed by atoms with Crippen molar-refractivity contribution in [3.63, 3.8) is 0 Å². The van der Waals surface area contributed by atoms with Gasteiger partial charge in [0.15, 0.2) is 17.5 Å². The highest BCUT2D eigenvalue weighted by Gasteiger charge is 2.34. The molecule has 1 aliphatic heterocycles. The van der Waals surface area contributed by atoms with Gasteiger partial charge in [0.2, 0.25) is 0 Å². The molecule has 0 amide bonds. The van der Waals surface area contributed by atoms with Gasteiger partial charge in [0.25, 0.3) is 0 Å². The molecule has 27 heavy (non-hydrogen) atoms. The predicted molar refractivity (Wildman–Crippen MR) is 111 cm³/mol. The highest BCUT2D eigenvalue weighted by Crippen LogP contribution is 2.32. The van der Waals surface area contributed by atoms with Crippen LogP contribution >= 0.6 is 24.0 Å². The van der Waals surface area contributed by atoms with Gasteiger partial charge in [-0.05, 0) is 31.9 Å². The molecule has 0 aliphatic carbocycles. The van der Waals surface area contributed by atoms with Crippen molar-refractivity contribution in [1.29, 1.82) is 0 Å². The smallest absolute Gasteiger partial charge is 0.191 e. The summed E-state index contributed by atoms with van der Waals surface area (Å²) in [6.07, 6.45) is 1.53. The molecule has 154 valence electrons. The van der Waals surface area contributed by atoms with E-state index in [-0.39, 0.29) is 48.4 Å². The highest BCUT2D eigenvalue weighted by atomic mass is 127. The summed E-state index contributed by atoms with van der Waals surface area (Å²) in [6, 6.07) is 3.21. The van der Waals surface area contributed by atoms with Crippen LogP contribution < -0.4 is 15.4 Å². The van der Waals surface area contributed by atoms with E-state index in [1.165, 1.54) is 6.07 Å². The van der Waals surface area contributed by atoms with E-state index >= 15 is 0 Å². The first-order valence-electron chi connectivity index (χ1n) is 8.87. The molecule has 6 nitrogen and oxygen atoms in total. The Hall–Kier alpha value is -1.20. The molecule has 1 saturated heterocycles. The Kier molecular flexibility index (Phi) is 10.9. The van der Waals surface area contributed by atoms with E-state index in [0.29, 0.717) is 45.2 Å². The Labute approximate surface area is 175 Å². The Balaban J connectivity index is 0.00000364. The zero-order valence-electron chi connectivity index (χ0n) is 15.5. The maximum absolute atomic E-state index is 13.5. The molecular formula is C18H28F2IN3O3. The Morgan fingerprint density at radius 3 is 2.81 bits per heavy atom. The SMILES string of the molecule is CCNC(=NCC1(CCO)CCOC1)NCCOc1ccc(F)cc1F.I. The summed E-state index contributed by atoms with van der Waals surface area (Å²) in [5, 5.41) is 15.5. The van der Waals surface area contributed by atoms with Gasteiger partial charge in [-0.15, -0.1) is 24.0 Å². The summed E-state index contributed by atoms with van der Waals surface area (Å²) >= 11 is 0. The van der Waals surface area contributed by atoms with E-state index in [0.717, 1.165) is 18.6 Å². The number of rotatable bonds is 9. The average molecular weight is 499 g/mol. The third kappa shape index (κ3) is 7.74. The van der Waals surface area contributed by atoms with Crippen LogP contribution in [-0.2, 0) is 4.74 Å². The number of aliphatic hydroxyl groups is 1. The lowest BCUT2D eigenvalue weighted by Crippen LogP contribution is -2.40. The quantitative estimate of drug-likeness (QED) is 0.211. The Morgan fingerprint density at radius 2 is 2.19 bits per heavy atom. The number of ether oxygens (including phenoxy) is 2. The lowest BCUT2D eigenvalue weighted by Gasteiger charge is -2.24. The van der Waals surface area contributed by atoms with Gasteiger partial charge < -0.3 is 25.2 Å². The molecule has 1 aliphatic rings. The monoisotopic (exact) mass is 499 g/mol. The fourth-order valence-electron chi connectivity index (χ4n) is 2.80. The standard InChI is InChI=1S/C18H27F2N3O3.HI/c1-2-21-17(23-12-18(5-8-24)6-9-25-13-18)22-7-10-26-16-4-3-14(19)11-15(16)20;/h3-4,11,24H,2,5-10,12-13H2,1H3,(H2,21,22,23);1H. The van der Waals surface area contributed by atoms with Crippen molar-refractivity contribution in [3.05, 3.63) is 29.8 Å². The first-order chi connectivity index (χ1) is 12.6. The second-order valence-corrected chi connectivity index (χ2v) is 6.32. The first kappa shape index (κ1) is 23.8. The summed E-state index contributed by atoms with van der Waals surface area (Å²) in [7, 11) is 0. The minimum atomic E-state index is -0.724. The van der Waals surface area contributed by atoms with E-state index in [9.17, 15) is 13.9 Å². The van der Waals surface area contributed by atoms with Gasteiger partial charge >= 0.3 is 0 Å². The molecule has 1 unspecified atom stereocenters. The molecule has 2 rings (SSSR count). The molecule has 0 spiro atoms. The largest absolute Gasteiger partial charge is 0.489 e. The number of hydrogen-bond donors (Lipinski definition) is 3. The van der Waals surface area contributed by atoms with E-state index in [2.05, 4.69) is 15.6 Å². The van der Waals surface area contributed by atoms with Crippen LogP contribution in [0.3, 0.4) is 0 Å². The van der Waals surface area contributed by atoms with E-state index in [1.54, 1.807) is 0 Å². The molecule has 3 N–H and O–H groups in total. The van der Waals surface area contributed by atoms with Gasteiger partial charge in [-0.25, -0.2) is 8.78 Å². The second kappa shape index (κ2) is 12.3. The molecule has 1 atom stereocenters. The number of nitrogens with one attached hydrogen (secondary N) is 2. The molecule has 0 saturated carbocycles. The predicted octanol–water partition coefficient (Wildman–Crippen LogP) is 2.31. The average Bonchev–Trinajstić information content (AvgIpc) is 3.07. The van der Waals surface area contributed by atoms with Crippen LogP contribution in [0.15, 0.2) is 23.2 Å². The van der Waals surface area contributed by atoms with Gasteiger partial charge in [-0.1, -0.05) is 0 Å². The normalized spacial score (nSPS) is 19.5. The number of guanidine groups is 1. The lowest BCUT2D eigenvalue weighted by molar-refractivity contribution is 0.131. The molecular weight excluding hydrogens is 471 g/mol. The van der Waals surface area contributed by atoms with Crippen molar-refractivity contribution >= 4 is 29.9 Å². The fourth-order valence-corrected chi connectivity index (χ4v) is 2.80. The highest BCUT2D eigenvalue weighted by molar-refractivity contribution is 14.0. The Morgan fingerprint density at radius 1 is 1.37 bits per heavy atom. The summed E-state index contributed by atoms with van der Waals surface area (Å²) in [4.78, 5) is 4.58. The van der Waals surface area contributed by atoms with Crippen LogP contribution in [0, 0.1) is 17.0 Å². The topological polar surface area (TPSA) is 75.1 Å². The molecule has 1 aromatic rings. The van der Waals surface area contributed by atoms with Crippen molar-refractivity contribution in [2.24, 2.45) is 10.4 Å². The zero-order chi connectivity index (χ0) is 18.8. The van der Waals surface area contributed by atoms with E-state index in [1.807, 2.05) is 6.92 Å². The summed E-state index contributed by atoms with van der Waals surface area (Å²) in [5.41, 5.74) is -0.120. The summed E-state index contributed by atoms with van der Waals surface area (Å²) in [6.45, 7) is 5.23. The molecule has 0 radical (unpaired) electrons. The molecule has 9 heteroatoms. The van der Waals surface area contributed by atoms with Crippen molar-refractivity contribution in [1.82, 2.24) is 10.6 Å². The minimum Gasteiger partial charge on any atom is -0.489 e. The number of hydrogen-bond acceptors (Lipinski definition) is 4. The first-order valence-corrected chi connectivity index (χ1v) is 8.87. The fraction of sp³-hybridized carbons (Fsp3) is 0.611. The third-order valence-electron chi connectivity index (χ3n) is 4.29. The number of halogens is 3. The maximum atomic E-state index is 13.5. The molecule has 0 bridgehead atoms. The molecule has 0 aromatic heterocycles. The van der Waals surface area contributed by atoms with Gasteiger partial charge in [-0.2, -0.15) is 0 Å². The number of nitrogens with zero attached hydrogens (tertiary/aromatic N) is 1.